The third-order valence-corrected chi connectivity index (χ3v) is 5.78. The number of rotatable bonds is 6. The highest BCUT2D eigenvalue weighted by Gasteiger charge is 2.35. The van der Waals surface area contributed by atoms with E-state index in [1.54, 1.807) is 6.08 Å². The Hall–Kier alpha value is -1.57. The second-order valence-electron chi connectivity index (χ2n) is 5.92. The minimum atomic E-state index is -0.283. The summed E-state index contributed by atoms with van der Waals surface area (Å²) in [6.07, 6.45) is 2.61. The van der Waals surface area contributed by atoms with Crippen molar-refractivity contribution in [1.82, 2.24) is 4.90 Å². The molecule has 3 rings (SSSR count). The third-order valence-electron chi connectivity index (χ3n) is 3.85. The molecule has 1 heterocycles. The molecule has 2 aromatic rings. The maximum Gasteiger partial charge on any atom is 0.293 e. The molecule has 0 spiro atoms. The molecule has 27 heavy (non-hydrogen) atoms. The van der Waals surface area contributed by atoms with Crippen LogP contribution in [0.5, 0.6) is 5.75 Å². The highest BCUT2D eigenvalue weighted by atomic mass is 79.9. The molecule has 1 fully saturated rings. The van der Waals surface area contributed by atoms with Crippen LogP contribution in [-0.4, -0.2) is 22.7 Å². The zero-order chi connectivity index (χ0) is 19.4. The fourth-order valence-corrected chi connectivity index (χ4v) is 4.00. The van der Waals surface area contributed by atoms with Crippen molar-refractivity contribution in [2.24, 2.45) is 0 Å². The lowest BCUT2D eigenvalue weighted by molar-refractivity contribution is -0.123. The standard InChI is InChI=1S/C20H17Br2NO3S/c1-2-9-26-17-8-7-16(22)10-14(17)11-18-19(24)23(20(25)27-18)12-13-3-5-15(21)6-4-13/h3-8,10-11H,2,9,12H2,1H3/b18-11-. The summed E-state index contributed by atoms with van der Waals surface area (Å²) in [5.41, 5.74) is 1.67. The number of carbonyl (C=O) groups excluding carboxylic acids is 2. The van der Waals surface area contributed by atoms with Crippen molar-refractivity contribution in [1.29, 1.82) is 0 Å². The highest BCUT2D eigenvalue weighted by molar-refractivity contribution is 9.10. The Bertz CT molecular complexity index is 897. The Morgan fingerprint density at radius 1 is 1.07 bits per heavy atom. The fraction of sp³-hybridized carbons (Fsp3) is 0.200. The predicted octanol–water partition coefficient (Wildman–Crippen LogP) is 6.24. The Balaban J connectivity index is 1.84. The molecule has 1 aliphatic heterocycles. The summed E-state index contributed by atoms with van der Waals surface area (Å²) in [4.78, 5) is 26.8. The molecule has 0 saturated carbocycles. The number of carbonyl (C=O) groups is 2. The van der Waals surface area contributed by atoms with Crippen molar-refractivity contribution in [3.63, 3.8) is 0 Å². The zero-order valence-corrected chi connectivity index (χ0v) is 18.6. The van der Waals surface area contributed by atoms with E-state index in [-0.39, 0.29) is 17.7 Å². The molecule has 0 unspecified atom stereocenters. The molecular formula is C20H17Br2NO3S. The lowest BCUT2D eigenvalue weighted by Crippen LogP contribution is -2.27. The normalized spacial score (nSPS) is 15.7. The maximum absolute atomic E-state index is 12.8. The first-order valence-corrected chi connectivity index (χ1v) is 10.8. The summed E-state index contributed by atoms with van der Waals surface area (Å²) in [7, 11) is 0. The van der Waals surface area contributed by atoms with Gasteiger partial charge in [-0.1, -0.05) is 50.9 Å². The Morgan fingerprint density at radius 2 is 1.78 bits per heavy atom. The number of thioether (sulfide) groups is 1. The van der Waals surface area contributed by atoms with Crippen molar-refractivity contribution in [2.45, 2.75) is 19.9 Å². The number of hydrogen-bond acceptors (Lipinski definition) is 4. The molecular weight excluding hydrogens is 494 g/mol. The van der Waals surface area contributed by atoms with E-state index in [2.05, 4.69) is 31.9 Å². The minimum Gasteiger partial charge on any atom is -0.493 e. The maximum atomic E-state index is 12.8. The van der Waals surface area contributed by atoms with Crippen molar-refractivity contribution in [3.8, 4) is 5.75 Å². The first kappa shape index (κ1) is 20.2. The summed E-state index contributed by atoms with van der Waals surface area (Å²) < 4.78 is 7.59. The van der Waals surface area contributed by atoms with Gasteiger partial charge in [0, 0.05) is 14.5 Å². The third kappa shape index (κ3) is 5.03. The van der Waals surface area contributed by atoms with E-state index in [0.717, 1.165) is 38.3 Å². The number of ether oxygens (including phenoxy) is 1. The van der Waals surface area contributed by atoms with Crippen LogP contribution in [0, 0.1) is 0 Å². The quantitative estimate of drug-likeness (QED) is 0.431. The van der Waals surface area contributed by atoms with E-state index in [0.29, 0.717) is 17.3 Å². The van der Waals surface area contributed by atoms with E-state index in [4.69, 9.17) is 4.74 Å². The average Bonchev–Trinajstić information content (AvgIpc) is 2.90. The molecule has 0 N–H and O–H groups in total. The van der Waals surface area contributed by atoms with Gasteiger partial charge in [0.05, 0.1) is 18.1 Å². The van der Waals surface area contributed by atoms with Crippen molar-refractivity contribution >= 4 is 60.8 Å². The molecule has 7 heteroatoms. The molecule has 0 atom stereocenters. The second-order valence-corrected chi connectivity index (χ2v) is 8.75. The summed E-state index contributed by atoms with van der Waals surface area (Å²) in [5, 5.41) is -0.264. The van der Waals surface area contributed by atoms with Gasteiger partial charge >= 0.3 is 0 Å². The lowest BCUT2D eigenvalue weighted by atomic mass is 10.1. The van der Waals surface area contributed by atoms with Gasteiger partial charge in [-0.2, -0.15) is 0 Å². The van der Waals surface area contributed by atoms with E-state index in [1.807, 2.05) is 49.4 Å². The van der Waals surface area contributed by atoms with Crippen LogP contribution in [-0.2, 0) is 11.3 Å². The van der Waals surface area contributed by atoms with Gasteiger partial charge < -0.3 is 4.74 Å². The van der Waals surface area contributed by atoms with Gasteiger partial charge in [0.1, 0.15) is 5.75 Å². The molecule has 0 radical (unpaired) electrons. The molecule has 1 aliphatic rings. The number of amides is 2. The monoisotopic (exact) mass is 509 g/mol. The molecule has 0 aromatic heterocycles. The average molecular weight is 511 g/mol. The van der Waals surface area contributed by atoms with Gasteiger partial charge in [0.15, 0.2) is 0 Å². The van der Waals surface area contributed by atoms with Gasteiger partial charge in [-0.15, -0.1) is 0 Å². The smallest absolute Gasteiger partial charge is 0.293 e. The van der Waals surface area contributed by atoms with Crippen LogP contribution in [0.4, 0.5) is 4.79 Å². The van der Waals surface area contributed by atoms with Crippen LogP contribution in [0.3, 0.4) is 0 Å². The number of hydrogen-bond donors (Lipinski definition) is 0. The summed E-state index contributed by atoms with van der Waals surface area (Å²) in [5.74, 6) is 0.411. The fourth-order valence-electron chi connectivity index (χ4n) is 2.53. The van der Waals surface area contributed by atoms with Crippen molar-refractivity contribution < 1.29 is 14.3 Å². The van der Waals surface area contributed by atoms with Crippen LogP contribution in [0.1, 0.15) is 24.5 Å². The van der Waals surface area contributed by atoms with E-state index in [1.165, 1.54) is 4.90 Å². The molecule has 0 aliphatic carbocycles. The number of nitrogens with zero attached hydrogens (tertiary/aromatic N) is 1. The minimum absolute atomic E-state index is 0.257. The van der Waals surface area contributed by atoms with Crippen LogP contribution in [0.15, 0.2) is 56.3 Å². The zero-order valence-electron chi connectivity index (χ0n) is 14.6. The Morgan fingerprint density at radius 3 is 2.48 bits per heavy atom. The van der Waals surface area contributed by atoms with Crippen LogP contribution >= 0.6 is 43.6 Å². The summed E-state index contributed by atoms with van der Waals surface area (Å²) in [6, 6.07) is 13.2. The van der Waals surface area contributed by atoms with Crippen LogP contribution in [0.25, 0.3) is 6.08 Å². The van der Waals surface area contributed by atoms with Gasteiger partial charge in [-0.05, 0) is 60.2 Å². The molecule has 2 amide bonds. The number of halogens is 2. The first-order chi connectivity index (χ1) is 13.0. The van der Waals surface area contributed by atoms with Crippen LogP contribution in [0.2, 0.25) is 0 Å². The molecule has 1 saturated heterocycles. The molecule has 0 bridgehead atoms. The summed E-state index contributed by atoms with van der Waals surface area (Å²) >= 11 is 7.78. The predicted molar refractivity (Wildman–Crippen MR) is 116 cm³/mol. The first-order valence-electron chi connectivity index (χ1n) is 8.40. The SMILES string of the molecule is CCCOc1ccc(Br)cc1/C=C1\SC(=O)N(Cc2ccc(Br)cc2)C1=O. The van der Waals surface area contributed by atoms with Gasteiger partial charge in [0.25, 0.3) is 11.1 Å². The van der Waals surface area contributed by atoms with Crippen molar-refractivity contribution in [3.05, 3.63) is 67.4 Å². The largest absolute Gasteiger partial charge is 0.493 e. The number of imide groups is 1. The van der Waals surface area contributed by atoms with E-state index >= 15 is 0 Å². The molecule has 4 nitrogen and oxygen atoms in total. The molecule has 140 valence electrons. The van der Waals surface area contributed by atoms with E-state index in [9.17, 15) is 9.59 Å². The number of benzene rings is 2. The van der Waals surface area contributed by atoms with Crippen molar-refractivity contribution in [2.75, 3.05) is 6.61 Å². The topological polar surface area (TPSA) is 46.6 Å². The lowest BCUT2D eigenvalue weighted by Gasteiger charge is -2.12. The second kappa shape index (κ2) is 9.08. The van der Waals surface area contributed by atoms with E-state index < -0.39 is 0 Å². The Labute approximate surface area is 179 Å². The molecule has 2 aromatic carbocycles. The van der Waals surface area contributed by atoms with Gasteiger partial charge in [-0.25, -0.2) is 0 Å². The van der Waals surface area contributed by atoms with Gasteiger partial charge in [0.2, 0.25) is 0 Å². The summed E-state index contributed by atoms with van der Waals surface area (Å²) in [6.45, 7) is 2.88. The van der Waals surface area contributed by atoms with Crippen LogP contribution < -0.4 is 4.74 Å². The highest BCUT2D eigenvalue weighted by Crippen LogP contribution is 2.35. The Kier molecular flexibility index (Phi) is 6.78. The van der Waals surface area contributed by atoms with Gasteiger partial charge in [-0.3, -0.25) is 14.5 Å².